The molecule has 0 radical (unpaired) electrons. The van der Waals surface area contributed by atoms with Crippen molar-refractivity contribution in [3.05, 3.63) is 18.2 Å². The van der Waals surface area contributed by atoms with Crippen molar-refractivity contribution in [2.24, 2.45) is 0 Å². The minimum absolute atomic E-state index is 0.0637. The Hall–Kier alpha value is -1.27. The number of hydrogen-bond acceptors (Lipinski definition) is 4. The molecule has 0 spiro atoms. The Balaban J connectivity index is 2.27. The minimum Gasteiger partial charge on any atom is -0.506 e. The van der Waals surface area contributed by atoms with Crippen LogP contribution in [0.2, 0.25) is 0 Å². The molecule has 0 atom stereocenters. The normalized spacial score (nSPS) is 17.8. The molecule has 3 N–H and O–H groups in total. The van der Waals surface area contributed by atoms with Crippen molar-refractivity contribution in [1.82, 2.24) is 4.31 Å². The van der Waals surface area contributed by atoms with Gasteiger partial charge in [0.2, 0.25) is 10.0 Å². The van der Waals surface area contributed by atoms with E-state index in [1.54, 1.807) is 7.05 Å². The van der Waals surface area contributed by atoms with Crippen LogP contribution >= 0.6 is 0 Å². The van der Waals surface area contributed by atoms with Crippen LogP contribution in [0.15, 0.2) is 23.1 Å². The van der Waals surface area contributed by atoms with Crippen molar-refractivity contribution < 1.29 is 13.5 Å². The smallest absolute Gasteiger partial charge is 0.243 e. The zero-order chi connectivity index (χ0) is 14.0. The van der Waals surface area contributed by atoms with Gasteiger partial charge in [0, 0.05) is 13.1 Å². The molecule has 0 amide bonds. The van der Waals surface area contributed by atoms with Gasteiger partial charge in [-0.2, -0.15) is 4.31 Å². The number of benzene rings is 1. The van der Waals surface area contributed by atoms with E-state index in [9.17, 15) is 13.5 Å². The van der Waals surface area contributed by atoms with Crippen molar-refractivity contribution in [3.63, 3.8) is 0 Å². The Morgan fingerprint density at radius 2 is 1.89 bits per heavy atom. The first kappa shape index (κ1) is 14.1. The van der Waals surface area contributed by atoms with Gasteiger partial charge in [-0.05, 0) is 31.0 Å². The Labute approximate surface area is 114 Å². The molecular weight excluding hydrogens is 264 g/mol. The second-order valence-corrected chi connectivity index (χ2v) is 7.03. The lowest BCUT2D eigenvalue weighted by molar-refractivity contribution is 0.286. The Morgan fingerprint density at radius 3 is 2.47 bits per heavy atom. The third-order valence-corrected chi connectivity index (χ3v) is 5.67. The molecule has 6 heteroatoms. The van der Waals surface area contributed by atoms with Crippen LogP contribution in [0, 0.1) is 0 Å². The second kappa shape index (κ2) is 5.38. The Morgan fingerprint density at radius 1 is 1.26 bits per heavy atom. The predicted molar refractivity (Wildman–Crippen MR) is 74.3 cm³/mol. The second-order valence-electron chi connectivity index (χ2n) is 5.03. The standard InChI is InChI=1S/C13H20N2O3S/c1-15(10-5-3-2-4-6-10)19(17,18)11-7-8-13(16)12(14)9-11/h7-10,16H,2-6,14H2,1H3. The molecular formula is C13H20N2O3S. The molecule has 1 aromatic rings. The number of aromatic hydroxyl groups is 1. The number of sulfonamides is 1. The van der Waals surface area contributed by atoms with Gasteiger partial charge >= 0.3 is 0 Å². The van der Waals surface area contributed by atoms with E-state index in [1.807, 2.05) is 0 Å². The van der Waals surface area contributed by atoms with Crippen LogP contribution in [0.25, 0.3) is 0 Å². The van der Waals surface area contributed by atoms with Gasteiger partial charge in [-0.25, -0.2) is 8.42 Å². The summed E-state index contributed by atoms with van der Waals surface area (Å²) in [6.45, 7) is 0. The number of nitrogens with zero attached hydrogens (tertiary/aromatic N) is 1. The highest BCUT2D eigenvalue weighted by Crippen LogP contribution is 2.29. The summed E-state index contributed by atoms with van der Waals surface area (Å²) in [6.07, 6.45) is 5.13. The number of phenols is 1. The molecule has 2 rings (SSSR count). The molecule has 0 bridgehead atoms. The Bertz CT molecular complexity index is 551. The fourth-order valence-corrected chi connectivity index (χ4v) is 3.95. The van der Waals surface area contributed by atoms with Gasteiger partial charge < -0.3 is 10.8 Å². The fourth-order valence-electron chi connectivity index (χ4n) is 2.50. The lowest BCUT2D eigenvalue weighted by Crippen LogP contribution is -2.38. The largest absolute Gasteiger partial charge is 0.506 e. The SMILES string of the molecule is CN(C1CCCCC1)S(=O)(=O)c1ccc(O)c(N)c1. The molecule has 0 aliphatic heterocycles. The van der Waals surface area contributed by atoms with Gasteiger partial charge in [0.25, 0.3) is 0 Å². The Kier molecular flexibility index (Phi) is 4.01. The number of anilines is 1. The first-order chi connectivity index (χ1) is 8.93. The molecule has 0 unspecified atom stereocenters. The maximum absolute atomic E-state index is 12.5. The first-order valence-electron chi connectivity index (χ1n) is 6.49. The van der Waals surface area contributed by atoms with Crippen LogP contribution in [-0.4, -0.2) is 30.9 Å². The van der Waals surface area contributed by atoms with Crippen LogP contribution in [0.1, 0.15) is 32.1 Å². The van der Waals surface area contributed by atoms with Gasteiger partial charge in [-0.1, -0.05) is 19.3 Å². The van der Waals surface area contributed by atoms with Gasteiger partial charge in [0.05, 0.1) is 10.6 Å². The highest BCUT2D eigenvalue weighted by molar-refractivity contribution is 7.89. The zero-order valence-electron chi connectivity index (χ0n) is 11.0. The van der Waals surface area contributed by atoms with E-state index in [0.717, 1.165) is 25.7 Å². The van der Waals surface area contributed by atoms with Crippen LogP contribution in [0.4, 0.5) is 5.69 Å². The lowest BCUT2D eigenvalue weighted by Gasteiger charge is -2.30. The average Bonchev–Trinajstić information content (AvgIpc) is 2.41. The van der Waals surface area contributed by atoms with Crippen LogP contribution in [0.3, 0.4) is 0 Å². The lowest BCUT2D eigenvalue weighted by atomic mass is 9.96. The average molecular weight is 284 g/mol. The van der Waals surface area contributed by atoms with Gasteiger partial charge in [0.15, 0.2) is 0 Å². The molecule has 19 heavy (non-hydrogen) atoms. The quantitative estimate of drug-likeness (QED) is 0.656. The molecule has 0 aromatic heterocycles. The molecule has 1 aliphatic rings. The maximum atomic E-state index is 12.5. The maximum Gasteiger partial charge on any atom is 0.243 e. The van der Waals surface area contributed by atoms with Gasteiger partial charge in [-0.15, -0.1) is 0 Å². The highest BCUT2D eigenvalue weighted by Gasteiger charge is 2.29. The molecule has 106 valence electrons. The number of nitrogen functional groups attached to an aromatic ring is 1. The topological polar surface area (TPSA) is 83.6 Å². The molecule has 1 saturated carbocycles. The van der Waals surface area contributed by atoms with Crippen molar-refractivity contribution >= 4 is 15.7 Å². The number of phenolic OH excluding ortho intramolecular Hbond substituents is 1. The van der Waals surface area contributed by atoms with Crippen LogP contribution < -0.4 is 5.73 Å². The van der Waals surface area contributed by atoms with E-state index in [0.29, 0.717) is 0 Å². The highest BCUT2D eigenvalue weighted by atomic mass is 32.2. The van der Waals surface area contributed by atoms with E-state index < -0.39 is 10.0 Å². The van der Waals surface area contributed by atoms with Crippen molar-refractivity contribution in [1.29, 1.82) is 0 Å². The summed E-state index contributed by atoms with van der Waals surface area (Å²) in [5.74, 6) is -0.0979. The number of rotatable bonds is 3. The monoisotopic (exact) mass is 284 g/mol. The predicted octanol–water partition coefficient (Wildman–Crippen LogP) is 1.93. The van der Waals surface area contributed by atoms with E-state index >= 15 is 0 Å². The number of nitrogens with two attached hydrogens (primary N) is 1. The van der Waals surface area contributed by atoms with E-state index in [4.69, 9.17) is 5.73 Å². The molecule has 1 aliphatic carbocycles. The first-order valence-corrected chi connectivity index (χ1v) is 7.93. The van der Waals surface area contributed by atoms with Gasteiger partial charge in [-0.3, -0.25) is 0 Å². The molecule has 1 fully saturated rings. The summed E-state index contributed by atoms with van der Waals surface area (Å²) >= 11 is 0. The summed E-state index contributed by atoms with van der Waals surface area (Å²) < 4.78 is 26.4. The number of hydrogen-bond donors (Lipinski definition) is 2. The minimum atomic E-state index is -3.54. The zero-order valence-corrected chi connectivity index (χ0v) is 11.9. The third-order valence-electron chi connectivity index (χ3n) is 3.76. The van der Waals surface area contributed by atoms with E-state index in [-0.39, 0.29) is 22.4 Å². The van der Waals surface area contributed by atoms with Gasteiger partial charge in [0.1, 0.15) is 5.75 Å². The van der Waals surface area contributed by atoms with Crippen molar-refractivity contribution in [3.8, 4) is 5.75 Å². The van der Waals surface area contributed by atoms with E-state index in [1.165, 1.54) is 28.9 Å². The summed E-state index contributed by atoms with van der Waals surface area (Å²) in [5, 5.41) is 9.36. The molecule has 0 heterocycles. The van der Waals surface area contributed by atoms with E-state index in [2.05, 4.69) is 0 Å². The van der Waals surface area contributed by atoms with Crippen molar-refractivity contribution in [2.45, 2.75) is 43.0 Å². The van der Waals surface area contributed by atoms with Crippen LogP contribution in [-0.2, 0) is 10.0 Å². The third kappa shape index (κ3) is 2.84. The summed E-state index contributed by atoms with van der Waals surface area (Å²) in [4.78, 5) is 0.135. The molecule has 1 aromatic carbocycles. The summed E-state index contributed by atoms with van der Waals surface area (Å²) in [5.41, 5.74) is 5.64. The summed E-state index contributed by atoms with van der Waals surface area (Å²) in [7, 11) is -1.92. The molecule has 5 nitrogen and oxygen atoms in total. The van der Waals surface area contributed by atoms with Crippen molar-refractivity contribution in [2.75, 3.05) is 12.8 Å². The fraction of sp³-hybridized carbons (Fsp3) is 0.538. The molecule has 0 saturated heterocycles. The summed E-state index contributed by atoms with van der Waals surface area (Å²) in [6, 6.07) is 4.08. The van der Waals surface area contributed by atoms with Crippen LogP contribution in [0.5, 0.6) is 5.75 Å².